The number of anilines is 2. The van der Waals surface area contributed by atoms with Crippen molar-refractivity contribution < 1.29 is 17.9 Å². The Morgan fingerprint density at radius 2 is 1.97 bits per heavy atom. The van der Waals surface area contributed by atoms with E-state index in [9.17, 15) is 13.2 Å². The number of hydrogen-bond donors (Lipinski definition) is 1. The number of benzene rings is 2. The maximum absolute atomic E-state index is 13.8. The standard InChI is InChI=1S/C25H28N4O4S3/c1-6-13-34-24-28-27-23(35-24)26-22(30)21-15-29(36(31,32)18-10-7-16(2)8-11-18)19-14-17(25(3,4)5)9-12-20(19)33-21/h6-12,14,21H,1,13,15H2,2-5H3,(H,26,27,30)/t21-/m1/s1. The summed E-state index contributed by atoms with van der Waals surface area (Å²) in [4.78, 5) is 13.3. The van der Waals surface area contributed by atoms with Gasteiger partial charge in [-0.25, -0.2) is 8.42 Å². The monoisotopic (exact) mass is 544 g/mol. The van der Waals surface area contributed by atoms with Crippen LogP contribution in [0.15, 0.2) is 64.4 Å². The first kappa shape index (κ1) is 26.2. The first-order chi connectivity index (χ1) is 17.0. The van der Waals surface area contributed by atoms with Gasteiger partial charge in [0.05, 0.1) is 17.1 Å². The van der Waals surface area contributed by atoms with Crippen LogP contribution in [0.4, 0.5) is 10.8 Å². The Hall–Kier alpha value is -2.89. The fourth-order valence-corrected chi connectivity index (χ4v) is 6.54. The van der Waals surface area contributed by atoms with E-state index in [1.807, 2.05) is 19.1 Å². The smallest absolute Gasteiger partial charge is 0.269 e. The summed E-state index contributed by atoms with van der Waals surface area (Å²) < 4.78 is 35.5. The minimum absolute atomic E-state index is 0.147. The normalized spacial score (nSPS) is 15.7. The Morgan fingerprint density at radius 1 is 1.25 bits per heavy atom. The van der Waals surface area contributed by atoms with E-state index in [-0.39, 0.29) is 16.9 Å². The van der Waals surface area contributed by atoms with E-state index in [2.05, 4.69) is 42.9 Å². The molecule has 0 saturated carbocycles. The molecule has 0 aliphatic carbocycles. The molecule has 0 unspecified atom stereocenters. The predicted molar refractivity (Wildman–Crippen MR) is 145 cm³/mol. The number of thioether (sulfide) groups is 1. The molecule has 4 rings (SSSR count). The summed E-state index contributed by atoms with van der Waals surface area (Å²) in [6.07, 6.45) is 0.678. The molecule has 1 aliphatic heterocycles. The van der Waals surface area contributed by atoms with Crippen molar-refractivity contribution in [1.29, 1.82) is 0 Å². The van der Waals surface area contributed by atoms with Crippen LogP contribution in [0, 0.1) is 6.92 Å². The molecular formula is C25H28N4O4S3. The number of rotatable bonds is 7. The van der Waals surface area contributed by atoms with Crippen LogP contribution < -0.4 is 14.4 Å². The van der Waals surface area contributed by atoms with Gasteiger partial charge < -0.3 is 4.74 Å². The Morgan fingerprint density at radius 3 is 2.64 bits per heavy atom. The zero-order chi connectivity index (χ0) is 26.1. The third-order valence-corrected chi connectivity index (χ3v) is 9.32. The van der Waals surface area contributed by atoms with E-state index >= 15 is 0 Å². The van der Waals surface area contributed by atoms with E-state index in [1.54, 1.807) is 36.4 Å². The third kappa shape index (κ3) is 5.58. The highest BCUT2D eigenvalue weighted by Gasteiger charge is 2.38. The van der Waals surface area contributed by atoms with Gasteiger partial charge in [-0.2, -0.15) is 0 Å². The van der Waals surface area contributed by atoms with Crippen LogP contribution in [0.1, 0.15) is 31.9 Å². The first-order valence-electron chi connectivity index (χ1n) is 11.3. The predicted octanol–water partition coefficient (Wildman–Crippen LogP) is 5.02. The Kier molecular flexibility index (Phi) is 7.44. The van der Waals surface area contributed by atoms with Gasteiger partial charge in [0.25, 0.3) is 15.9 Å². The topological polar surface area (TPSA) is 101 Å². The van der Waals surface area contributed by atoms with E-state index < -0.39 is 22.0 Å². The number of nitrogens with zero attached hydrogens (tertiary/aromatic N) is 3. The summed E-state index contributed by atoms with van der Waals surface area (Å²) in [5.41, 5.74) is 2.11. The number of amides is 1. The number of sulfonamides is 1. The zero-order valence-electron chi connectivity index (χ0n) is 20.5. The lowest BCUT2D eigenvalue weighted by atomic mass is 9.86. The van der Waals surface area contributed by atoms with E-state index in [0.717, 1.165) is 11.1 Å². The minimum Gasteiger partial charge on any atom is -0.476 e. The van der Waals surface area contributed by atoms with Gasteiger partial charge in [0.15, 0.2) is 10.4 Å². The largest absolute Gasteiger partial charge is 0.476 e. The first-order valence-corrected chi connectivity index (χ1v) is 14.5. The van der Waals surface area contributed by atoms with Gasteiger partial charge in [0, 0.05) is 5.75 Å². The average Bonchev–Trinajstić information content (AvgIpc) is 3.28. The van der Waals surface area contributed by atoms with Crippen molar-refractivity contribution in [3.05, 3.63) is 66.2 Å². The van der Waals surface area contributed by atoms with E-state index in [4.69, 9.17) is 4.74 Å². The van der Waals surface area contributed by atoms with Crippen molar-refractivity contribution in [2.45, 2.75) is 48.4 Å². The molecule has 1 aromatic heterocycles. The van der Waals surface area contributed by atoms with Crippen LogP contribution in [-0.2, 0) is 20.2 Å². The molecule has 0 fully saturated rings. The molecule has 0 saturated heterocycles. The molecule has 1 amide bonds. The van der Waals surface area contributed by atoms with Gasteiger partial charge in [0.2, 0.25) is 5.13 Å². The molecule has 1 N–H and O–H groups in total. The summed E-state index contributed by atoms with van der Waals surface area (Å²) in [7, 11) is -3.96. The lowest BCUT2D eigenvalue weighted by molar-refractivity contribution is -0.122. The summed E-state index contributed by atoms with van der Waals surface area (Å²) in [5.74, 6) is 0.499. The van der Waals surface area contributed by atoms with Gasteiger partial charge in [-0.05, 0) is 42.2 Å². The Bertz CT molecular complexity index is 1380. The molecule has 11 heteroatoms. The SMILES string of the molecule is C=CCSc1nnc(NC(=O)[C@H]2CN(S(=O)(=O)c3ccc(C)cc3)c3cc(C(C)(C)C)ccc3O2)s1. The number of carbonyl (C=O) groups excluding carboxylic acids is 1. The number of aromatic nitrogens is 2. The molecule has 0 radical (unpaired) electrons. The van der Waals surface area contributed by atoms with Crippen LogP contribution in [0.3, 0.4) is 0 Å². The second-order valence-corrected chi connectivity index (χ2v) is 13.5. The number of hydrogen-bond acceptors (Lipinski definition) is 8. The van der Waals surface area contributed by atoms with E-state index in [0.29, 0.717) is 26.7 Å². The van der Waals surface area contributed by atoms with Crippen molar-refractivity contribution >= 4 is 49.8 Å². The number of fused-ring (bicyclic) bond motifs is 1. The second kappa shape index (κ2) is 10.2. The molecule has 1 atom stereocenters. The molecule has 3 aromatic rings. The molecule has 36 heavy (non-hydrogen) atoms. The number of carbonyl (C=O) groups is 1. The highest BCUT2D eigenvalue weighted by molar-refractivity contribution is 8.01. The maximum atomic E-state index is 13.8. The van der Waals surface area contributed by atoms with E-state index in [1.165, 1.54) is 27.4 Å². The van der Waals surface area contributed by atoms with Gasteiger partial charge in [-0.3, -0.25) is 14.4 Å². The fraction of sp³-hybridized carbons (Fsp3) is 0.320. The van der Waals surface area contributed by atoms with Crippen LogP contribution in [0.2, 0.25) is 0 Å². The molecule has 1 aliphatic rings. The fourth-order valence-electron chi connectivity index (χ4n) is 3.55. The lowest BCUT2D eigenvalue weighted by Crippen LogP contribution is -2.49. The summed E-state index contributed by atoms with van der Waals surface area (Å²) in [5, 5.41) is 11.1. The van der Waals surface area contributed by atoms with Crippen LogP contribution in [0.25, 0.3) is 0 Å². The highest BCUT2D eigenvalue weighted by Crippen LogP contribution is 2.40. The minimum atomic E-state index is -3.96. The highest BCUT2D eigenvalue weighted by atomic mass is 32.2. The summed E-state index contributed by atoms with van der Waals surface area (Å²) in [6.45, 7) is 11.5. The second-order valence-electron chi connectivity index (χ2n) is 9.35. The maximum Gasteiger partial charge on any atom is 0.269 e. The van der Waals surface area contributed by atoms with Crippen LogP contribution >= 0.6 is 23.1 Å². The summed E-state index contributed by atoms with van der Waals surface area (Å²) in [6, 6.07) is 12.1. The van der Waals surface area contributed by atoms with Gasteiger partial charge >= 0.3 is 0 Å². The molecule has 8 nitrogen and oxygen atoms in total. The van der Waals surface area contributed by atoms with Gasteiger partial charge in [-0.15, -0.1) is 16.8 Å². The Balaban J connectivity index is 1.68. The summed E-state index contributed by atoms with van der Waals surface area (Å²) >= 11 is 2.69. The number of aryl methyl sites for hydroxylation is 1. The zero-order valence-corrected chi connectivity index (χ0v) is 23.0. The number of ether oxygens (including phenoxy) is 1. The molecule has 0 spiro atoms. The van der Waals surface area contributed by atoms with Crippen molar-refractivity contribution in [1.82, 2.24) is 10.2 Å². The lowest BCUT2D eigenvalue weighted by Gasteiger charge is -2.35. The molecule has 2 heterocycles. The molecule has 2 aromatic carbocycles. The van der Waals surface area contributed by atoms with Crippen molar-refractivity contribution in [3.8, 4) is 5.75 Å². The van der Waals surface area contributed by atoms with Crippen molar-refractivity contribution in [3.63, 3.8) is 0 Å². The van der Waals surface area contributed by atoms with Crippen LogP contribution in [0.5, 0.6) is 5.75 Å². The molecular weight excluding hydrogens is 517 g/mol. The van der Waals surface area contributed by atoms with Gasteiger partial charge in [0.1, 0.15) is 5.75 Å². The quantitative estimate of drug-likeness (QED) is 0.253. The van der Waals surface area contributed by atoms with Crippen LogP contribution in [-0.4, -0.2) is 42.9 Å². The molecule has 0 bridgehead atoms. The molecule has 190 valence electrons. The number of nitrogens with one attached hydrogen (secondary N) is 1. The van der Waals surface area contributed by atoms with Crippen molar-refractivity contribution in [2.24, 2.45) is 0 Å². The van der Waals surface area contributed by atoms with Gasteiger partial charge in [-0.1, -0.05) is 73.7 Å². The van der Waals surface area contributed by atoms with Crippen molar-refractivity contribution in [2.75, 3.05) is 21.9 Å². The third-order valence-electron chi connectivity index (χ3n) is 5.56. The Labute approximate surface area is 219 Å². The average molecular weight is 545 g/mol.